The van der Waals surface area contributed by atoms with E-state index in [2.05, 4.69) is 31.1 Å². The predicted molar refractivity (Wildman–Crippen MR) is 114 cm³/mol. The van der Waals surface area contributed by atoms with Gasteiger partial charge < -0.3 is 14.1 Å². The highest BCUT2D eigenvalue weighted by atomic mass is 16.5. The molecular formula is C24H29NO3. The van der Waals surface area contributed by atoms with Crippen LogP contribution in [0.2, 0.25) is 0 Å². The summed E-state index contributed by atoms with van der Waals surface area (Å²) in [6.07, 6.45) is 2.35. The molecule has 1 aromatic heterocycles. The van der Waals surface area contributed by atoms with Crippen LogP contribution in [0.1, 0.15) is 44.4 Å². The molecule has 148 valence electrons. The van der Waals surface area contributed by atoms with Gasteiger partial charge >= 0.3 is 0 Å². The Hall–Kier alpha value is -2.59. The molecule has 0 saturated heterocycles. The van der Waals surface area contributed by atoms with E-state index >= 15 is 0 Å². The largest absolute Gasteiger partial charge is 0.486 e. The second-order valence-electron chi connectivity index (χ2n) is 8.50. The summed E-state index contributed by atoms with van der Waals surface area (Å²) >= 11 is 0. The van der Waals surface area contributed by atoms with Crippen LogP contribution in [0.5, 0.6) is 5.75 Å². The smallest absolute Gasteiger partial charge is 0.196 e. The normalized spacial score (nSPS) is 13.1. The molecule has 3 aromatic rings. The lowest BCUT2D eigenvalue weighted by atomic mass is 9.87. The lowest BCUT2D eigenvalue weighted by Crippen LogP contribution is -2.22. The third kappa shape index (κ3) is 4.63. The van der Waals surface area contributed by atoms with Gasteiger partial charge in [0.1, 0.15) is 17.4 Å². The molecule has 28 heavy (non-hydrogen) atoms. The zero-order valence-electron chi connectivity index (χ0n) is 17.4. The molecule has 0 aliphatic rings. The second-order valence-corrected chi connectivity index (χ2v) is 8.50. The zero-order valence-corrected chi connectivity index (χ0v) is 17.4. The molecule has 2 aromatic carbocycles. The molecular weight excluding hydrogens is 350 g/mol. The Kier molecular flexibility index (Phi) is 5.90. The topological polar surface area (TPSA) is 42.7 Å². The van der Waals surface area contributed by atoms with E-state index in [4.69, 9.17) is 9.15 Å². The summed E-state index contributed by atoms with van der Waals surface area (Å²) < 4.78 is 12.0. The van der Waals surface area contributed by atoms with Crippen LogP contribution in [-0.4, -0.2) is 25.5 Å². The lowest BCUT2D eigenvalue weighted by Gasteiger charge is -2.22. The van der Waals surface area contributed by atoms with E-state index < -0.39 is 0 Å². The quantitative estimate of drug-likeness (QED) is 0.593. The molecule has 0 saturated carbocycles. The summed E-state index contributed by atoms with van der Waals surface area (Å²) in [6.45, 7) is 6.94. The highest BCUT2D eigenvalue weighted by molar-refractivity contribution is 5.78. The first kappa shape index (κ1) is 20.2. The number of hydrogen-bond acceptors (Lipinski definition) is 4. The Morgan fingerprint density at radius 3 is 2.43 bits per heavy atom. The van der Waals surface area contributed by atoms with Crippen LogP contribution in [0.3, 0.4) is 0 Å². The van der Waals surface area contributed by atoms with Crippen molar-refractivity contribution in [3.63, 3.8) is 0 Å². The van der Waals surface area contributed by atoms with Gasteiger partial charge in [0.2, 0.25) is 0 Å². The fraction of sp³-hybridized carbons (Fsp3) is 0.375. The fourth-order valence-electron chi connectivity index (χ4n) is 3.20. The van der Waals surface area contributed by atoms with Crippen LogP contribution in [-0.2, 0) is 5.41 Å². The molecule has 0 N–H and O–H groups in total. The van der Waals surface area contributed by atoms with E-state index in [0.29, 0.717) is 22.3 Å². The number of nitrogens with zero attached hydrogens (tertiary/aromatic N) is 1. The first-order valence-corrected chi connectivity index (χ1v) is 9.68. The minimum atomic E-state index is -0.274. The molecule has 1 heterocycles. The highest BCUT2D eigenvalue weighted by Crippen LogP contribution is 2.28. The van der Waals surface area contributed by atoms with Crippen LogP contribution >= 0.6 is 0 Å². The van der Waals surface area contributed by atoms with Gasteiger partial charge in [-0.05, 0) is 43.3 Å². The van der Waals surface area contributed by atoms with Gasteiger partial charge in [-0.3, -0.25) is 4.79 Å². The fourth-order valence-corrected chi connectivity index (χ4v) is 3.20. The van der Waals surface area contributed by atoms with Gasteiger partial charge in [0.15, 0.2) is 5.43 Å². The molecule has 0 fully saturated rings. The van der Waals surface area contributed by atoms with Gasteiger partial charge in [-0.1, -0.05) is 51.1 Å². The molecule has 0 aliphatic carbocycles. The molecule has 0 amide bonds. The molecule has 1 atom stereocenters. The molecule has 4 nitrogen and oxygen atoms in total. The summed E-state index contributed by atoms with van der Waals surface area (Å²) in [5.41, 5.74) is 2.10. The Labute approximate surface area is 166 Å². The van der Waals surface area contributed by atoms with Crippen molar-refractivity contribution in [1.29, 1.82) is 0 Å². The molecule has 0 aliphatic heterocycles. The Bertz CT molecular complexity index is 984. The van der Waals surface area contributed by atoms with Crippen LogP contribution in [0.15, 0.2) is 64.0 Å². The maximum absolute atomic E-state index is 13.0. The number of fused-ring (bicyclic) bond motifs is 1. The SMILES string of the molecule is CN(C)CCC(Oc1ccc2occ(C(C)(C)C)c(=O)c2c1)c1ccccc1. The van der Waals surface area contributed by atoms with Crippen molar-refractivity contribution in [2.45, 2.75) is 38.7 Å². The van der Waals surface area contributed by atoms with Crippen molar-refractivity contribution in [2.24, 2.45) is 0 Å². The van der Waals surface area contributed by atoms with E-state index in [9.17, 15) is 4.79 Å². The van der Waals surface area contributed by atoms with E-state index in [0.717, 1.165) is 18.5 Å². The van der Waals surface area contributed by atoms with Crippen molar-refractivity contribution < 1.29 is 9.15 Å². The Morgan fingerprint density at radius 2 is 1.79 bits per heavy atom. The summed E-state index contributed by atoms with van der Waals surface area (Å²) in [6, 6.07) is 15.7. The van der Waals surface area contributed by atoms with Gasteiger partial charge in [0, 0.05) is 18.5 Å². The minimum absolute atomic E-state index is 0.00347. The summed E-state index contributed by atoms with van der Waals surface area (Å²) in [5.74, 6) is 0.679. The van der Waals surface area contributed by atoms with Gasteiger partial charge in [0.25, 0.3) is 0 Å². The lowest BCUT2D eigenvalue weighted by molar-refractivity contribution is 0.179. The summed E-state index contributed by atoms with van der Waals surface area (Å²) in [7, 11) is 4.11. The number of benzene rings is 2. The molecule has 0 radical (unpaired) electrons. The van der Waals surface area contributed by atoms with Crippen LogP contribution in [0, 0.1) is 0 Å². The molecule has 1 unspecified atom stereocenters. The van der Waals surface area contributed by atoms with Gasteiger partial charge in [-0.15, -0.1) is 0 Å². The summed E-state index contributed by atoms with van der Waals surface area (Å²) in [4.78, 5) is 15.1. The van der Waals surface area contributed by atoms with E-state index in [1.54, 1.807) is 6.26 Å². The van der Waals surface area contributed by atoms with E-state index in [1.807, 2.05) is 57.2 Å². The van der Waals surface area contributed by atoms with Crippen LogP contribution < -0.4 is 10.2 Å². The third-order valence-corrected chi connectivity index (χ3v) is 4.84. The maximum atomic E-state index is 13.0. The molecule has 3 rings (SSSR count). The number of rotatable bonds is 6. The Morgan fingerprint density at radius 1 is 1.07 bits per heavy atom. The Balaban J connectivity index is 1.96. The van der Waals surface area contributed by atoms with Gasteiger partial charge in [0.05, 0.1) is 11.6 Å². The predicted octanol–water partition coefficient (Wildman–Crippen LogP) is 5.16. The number of hydrogen-bond donors (Lipinski definition) is 0. The molecule has 0 spiro atoms. The number of ether oxygens (including phenoxy) is 1. The standard InChI is InChI=1S/C24H29NO3/c1-24(2,3)20-16-27-22-12-11-18(15-19(22)23(20)26)28-21(13-14-25(4)5)17-9-7-6-8-10-17/h6-12,15-16,21H,13-14H2,1-5H3. The summed E-state index contributed by atoms with van der Waals surface area (Å²) in [5, 5.41) is 0.560. The van der Waals surface area contributed by atoms with Crippen molar-refractivity contribution in [2.75, 3.05) is 20.6 Å². The van der Waals surface area contributed by atoms with Gasteiger partial charge in [-0.2, -0.15) is 0 Å². The zero-order chi connectivity index (χ0) is 20.3. The van der Waals surface area contributed by atoms with Crippen molar-refractivity contribution in [3.8, 4) is 5.75 Å². The van der Waals surface area contributed by atoms with Gasteiger partial charge in [-0.25, -0.2) is 0 Å². The van der Waals surface area contributed by atoms with Crippen molar-refractivity contribution in [1.82, 2.24) is 4.90 Å². The average molecular weight is 380 g/mol. The van der Waals surface area contributed by atoms with Crippen LogP contribution in [0.4, 0.5) is 0 Å². The van der Waals surface area contributed by atoms with Crippen molar-refractivity contribution >= 4 is 11.0 Å². The highest BCUT2D eigenvalue weighted by Gasteiger charge is 2.21. The molecule has 0 bridgehead atoms. The van der Waals surface area contributed by atoms with Crippen LogP contribution in [0.25, 0.3) is 11.0 Å². The first-order valence-electron chi connectivity index (χ1n) is 9.68. The second kappa shape index (κ2) is 8.19. The first-order chi connectivity index (χ1) is 13.3. The third-order valence-electron chi connectivity index (χ3n) is 4.84. The van der Waals surface area contributed by atoms with E-state index in [-0.39, 0.29) is 16.9 Å². The van der Waals surface area contributed by atoms with E-state index in [1.165, 1.54) is 0 Å². The monoisotopic (exact) mass is 379 g/mol. The average Bonchev–Trinajstić information content (AvgIpc) is 2.65. The maximum Gasteiger partial charge on any atom is 0.196 e. The van der Waals surface area contributed by atoms with Crippen molar-refractivity contribution in [3.05, 3.63) is 76.1 Å². The minimum Gasteiger partial charge on any atom is -0.486 e. The molecule has 4 heteroatoms.